The van der Waals surface area contributed by atoms with Crippen molar-refractivity contribution in [3.8, 4) is 0 Å². The number of carbonyl (C=O) groups excluding carboxylic acids is 1. The lowest BCUT2D eigenvalue weighted by Gasteiger charge is -2.30. The molecule has 0 radical (unpaired) electrons. The maximum absolute atomic E-state index is 11.4. The molecule has 0 amide bonds. The summed E-state index contributed by atoms with van der Waals surface area (Å²) in [6.07, 6.45) is 1.44. The molecule has 1 unspecified atom stereocenters. The number of morpholine rings is 1. The zero-order valence-electron chi connectivity index (χ0n) is 10.1. The van der Waals surface area contributed by atoms with Crippen molar-refractivity contribution < 1.29 is 14.3 Å². The molecule has 2 heterocycles. The van der Waals surface area contributed by atoms with E-state index in [-0.39, 0.29) is 5.97 Å². The first-order chi connectivity index (χ1) is 8.19. The van der Waals surface area contributed by atoms with Gasteiger partial charge in [-0.1, -0.05) is 0 Å². The van der Waals surface area contributed by atoms with Gasteiger partial charge in [0.2, 0.25) is 0 Å². The number of methoxy groups -OCH3 is 1. The van der Waals surface area contributed by atoms with E-state index in [0.717, 1.165) is 18.8 Å². The lowest BCUT2D eigenvalue weighted by Crippen LogP contribution is -2.46. The summed E-state index contributed by atoms with van der Waals surface area (Å²) in [6, 6.07) is 1.97. The molecule has 0 bridgehead atoms. The molecule has 1 aliphatic heterocycles. The SMILES string of the molecule is COC(=O)C1CN(Cc2ccn(C)n2)CCO1. The van der Waals surface area contributed by atoms with Gasteiger partial charge in [0.25, 0.3) is 0 Å². The van der Waals surface area contributed by atoms with Gasteiger partial charge in [0.05, 0.1) is 19.4 Å². The molecule has 1 atom stereocenters. The minimum Gasteiger partial charge on any atom is -0.467 e. The Balaban J connectivity index is 1.91. The minimum atomic E-state index is -0.475. The van der Waals surface area contributed by atoms with Gasteiger partial charge >= 0.3 is 5.97 Å². The monoisotopic (exact) mass is 239 g/mol. The zero-order chi connectivity index (χ0) is 12.3. The highest BCUT2D eigenvalue weighted by Crippen LogP contribution is 2.10. The number of nitrogens with zero attached hydrogens (tertiary/aromatic N) is 3. The van der Waals surface area contributed by atoms with Crippen LogP contribution in [0.1, 0.15) is 5.69 Å². The molecule has 1 saturated heterocycles. The molecule has 1 fully saturated rings. The van der Waals surface area contributed by atoms with Crippen LogP contribution in [0.5, 0.6) is 0 Å². The van der Waals surface area contributed by atoms with Crippen LogP contribution >= 0.6 is 0 Å². The molecular formula is C11H17N3O3. The number of ether oxygens (including phenoxy) is 2. The van der Waals surface area contributed by atoms with Crippen molar-refractivity contribution in [2.45, 2.75) is 12.6 Å². The molecule has 0 N–H and O–H groups in total. The molecular weight excluding hydrogens is 222 g/mol. The number of aryl methyl sites for hydroxylation is 1. The lowest BCUT2D eigenvalue weighted by molar-refractivity contribution is -0.160. The third kappa shape index (κ3) is 3.04. The molecule has 0 aliphatic carbocycles. The Bertz CT molecular complexity index is 391. The smallest absolute Gasteiger partial charge is 0.336 e. The van der Waals surface area contributed by atoms with Crippen molar-refractivity contribution in [3.63, 3.8) is 0 Å². The summed E-state index contributed by atoms with van der Waals surface area (Å²) in [5.41, 5.74) is 0.998. The molecule has 2 rings (SSSR count). The number of esters is 1. The van der Waals surface area contributed by atoms with Crippen molar-refractivity contribution >= 4 is 5.97 Å². The van der Waals surface area contributed by atoms with Crippen LogP contribution in [0.4, 0.5) is 0 Å². The van der Waals surface area contributed by atoms with E-state index in [4.69, 9.17) is 4.74 Å². The molecule has 0 spiro atoms. The van der Waals surface area contributed by atoms with Crippen molar-refractivity contribution in [1.82, 2.24) is 14.7 Å². The third-order valence-electron chi connectivity index (χ3n) is 2.77. The van der Waals surface area contributed by atoms with Crippen molar-refractivity contribution in [3.05, 3.63) is 18.0 Å². The van der Waals surface area contributed by atoms with Crippen LogP contribution in [-0.4, -0.2) is 53.6 Å². The van der Waals surface area contributed by atoms with Crippen LogP contribution in [-0.2, 0) is 27.9 Å². The van der Waals surface area contributed by atoms with Gasteiger partial charge < -0.3 is 9.47 Å². The first-order valence-electron chi connectivity index (χ1n) is 5.59. The van der Waals surface area contributed by atoms with Gasteiger partial charge in [0.1, 0.15) is 0 Å². The average molecular weight is 239 g/mol. The average Bonchev–Trinajstić information content (AvgIpc) is 2.74. The van der Waals surface area contributed by atoms with Gasteiger partial charge in [0.15, 0.2) is 6.10 Å². The van der Waals surface area contributed by atoms with Crippen LogP contribution in [0.2, 0.25) is 0 Å². The van der Waals surface area contributed by atoms with E-state index < -0.39 is 6.10 Å². The summed E-state index contributed by atoms with van der Waals surface area (Å²) < 4.78 is 11.8. The molecule has 6 nitrogen and oxygen atoms in total. The van der Waals surface area contributed by atoms with E-state index in [1.165, 1.54) is 7.11 Å². The summed E-state index contributed by atoms with van der Waals surface area (Å²) in [5, 5.41) is 4.31. The molecule has 0 aromatic carbocycles. The standard InChI is InChI=1S/C11H17N3O3/c1-13-4-3-9(12-13)7-14-5-6-17-10(8-14)11(15)16-2/h3-4,10H,5-8H2,1-2H3. The first kappa shape index (κ1) is 12.1. The number of aromatic nitrogens is 2. The molecule has 94 valence electrons. The molecule has 0 saturated carbocycles. The number of carbonyl (C=O) groups is 1. The van der Waals surface area contributed by atoms with Crippen LogP contribution in [0.15, 0.2) is 12.3 Å². The van der Waals surface area contributed by atoms with Gasteiger partial charge in [-0.15, -0.1) is 0 Å². The highest BCUT2D eigenvalue weighted by molar-refractivity contribution is 5.74. The van der Waals surface area contributed by atoms with Crippen molar-refractivity contribution in [1.29, 1.82) is 0 Å². The maximum atomic E-state index is 11.4. The van der Waals surface area contributed by atoms with Crippen LogP contribution in [0.3, 0.4) is 0 Å². The molecule has 1 aliphatic rings. The zero-order valence-corrected chi connectivity index (χ0v) is 10.1. The quantitative estimate of drug-likeness (QED) is 0.683. The van der Waals surface area contributed by atoms with E-state index in [0.29, 0.717) is 13.2 Å². The van der Waals surface area contributed by atoms with Gasteiger partial charge in [-0.25, -0.2) is 4.79 Å². The molecule has 17 heavy (non-hydrogen) atoms. The summed E-state index contributed by atoms with van der Waals surface area (Å²) in [5.74, 6) is -0.310. The number of rotatable bonds is 3. The highest BCUT2D eigenvalue weighted by atomic mass is 16.6. The van der Waals surface area contributed by atoms with E-state index in [1.807, 2.05) is 19.3 Å². The van der Waals surface area contributed by atoms with E-state index in [9.17, 15) is 4.79 Å². The Morgan fingerprint density at radius 1 is 1.71 bits per heavy atom. The van der Waals surface area contributed by atoms with E-state index >= 15 is 0 Å². The Labute approximate surface area is 100 Å². The van der Waals surface area contributed by atoms with Crippen LogP contribution < -0.4 is 0 Å². The van der Waals surface area contributed by atoms with Gasteiger partial charge in [-0.3, -0.25) is 9.58 Å². The van der Waals surface area contributed by atoms with Crippen molar-refractivity contribution in [2.75, 3.05) is 26.8 Å². The fourth-order valence-corrected chi connectivity index (χ4v) is 1.90. The predicted molar refractivity (Wildman–Crippen MR) is 60.2 cm³/mol. The number of hydrogen-bond donors (Lipinski definition) is 0. The molecule has 1 aromatic rings. The van der Waals surface area contributed by atoms with Crippen LogP contribution in [0.25, 0.3) is 0 Å². The second-order valence-corrected chi connectivity index (χ2v) is 4.10. The Kier molecular flexibility index (Phi) is 3.75. The Morgan fingerprint density at radius 2 is 2.53 bits per heavy atom. The Morgan fingerprint density at radius 3 is 3.18 bits per heavy atom. The second-order valence-electron chi connectivity index (χ2n) is 4.10. The lowest BCUT2D eigenvalue weighted by atomic mass is 10.2. The van der Waals surface area contributed by atoms with Gasteiger partial charge in [-0.05, 0) is 6.07 Å². The largest absolute Gasteiger partial charge is 0.467 e. The van der Waals surface area contributed by atoms with E-state index in [2.05, 4.69) is 14.7 Å². The highest BCUT2D eigenvalue weighted by Gasteiger charge is 2.27. The normalized spacial score (nSPS) is 21.4. The first-order valence-corrected chi connectivity index (χ1v) is 5.59. The minimum absolute atomic E-state index is 0.310. The predicted octanol–water partition coefficient (Wildman–Crippen LogP) is -0.206. The summed E-state index contributed by atoms with van der Waals surface area (Å²) >= 11 is 0. The summed E-state index contributed by atoms with van der Waals surface area (Å²) in [7, 11) is 3.27. The summed E-state index contributed by atoms with van der Waals surface area (Å²) in [4.78, 5) is 13.5. The van der Waals surface area contributed by atoms with E-state index in [1.54, 1.807) is 4.68 Å². The third-order valence-corrected chi connectivity index (χ3v) is 2.77. The fourth-order valence-electron chi connectivity index (χ4n) is 1.90. The van der Waals surface area contributed by atoms with Gasteiger partial charge in [0, 0.05) is 32.9 Å². The van der Waals surface area contributed by atoms with Gasteiger partial charge in [-0.2, -0.15) is 5.10 Å². The second kappa shape index (κ2) is 5.29. The topological polar surface area (TPSA) is 56.6 Å². The molecule has 6 heteroatoms. The summed E-state index contributed by atoms with van der Waals surface area (Å²) in [6.45, 7) is 2.65. The fraction of sp³-hybridized carbons (Fsp3) is 0.636. The van der Waals surface area contributed by atoms with Crippen molar-refractivity contribution in [2.24, 2.45) is 7.05 Å². The maximum Gasteiger partial charge on any atom is 0.336 e. The Hall–Kier alpha value is -1.40. The van der Waals surface area contributed by atoms with Crippen LogP contribution in [0, 0.1) is 0 Å². The molecule has 1 aromatic heterocycles. The number of hydrogen-bond acceptors (Lipinski definition) is 5.